The SMILES string of the molecule is CCc1cccc(CC)c1NC(=O)c1cc(NCC2CCCO2)ccn1. The molecule has 0 bridgehead atoms. The van der Waals surface area contributed by atoms with Crippen LogP contribution in [0.15, 0.2) is 36.5 Å². The van der Waals surface area contributed by atoms with Crippen LogP contribution in [0.3, 0.4) is 0 Å². The predicted molar refractivity (Wildman–Crippen MR) is 105 cm³/mol. The largest absolute Gasteiger partial charge is 0.382 e. The van der Waals surface area contributed by atoms with E-state index in [2.05, 4.69) is 41.6 Å². The summed E-state index contributed by atoms with van der Waals surface area (Å²) < 4.78 is 5.62. The average molecular weight is 353 g/mol. The molecule has 2 aromatic rings. The molecule has 1 aliphatic heterocycles. The summed E-state index contributed by atoms with van der Waals surface area (Å²) in [6, 6.07) is 9.83. The topological polar surface area (TPSA) is 63.2 Å². The molecule has 1 saturated heterocycles. The highest BCUT2D eigenvalue weighted by Gasteiger charge is 2.16. The summed E-state index contributed by atoms with van der Waals surface area (Å²) in [7, 11) is 0. The first kappa shape index (κ1) is 18.4. The van der Waals surface area contributed by atoms with Gasteiger partial charge in [0.25, 0.3) is 5.91 Å². The number of hydrogen-bond donors (Lipinski definition) is 2. The maximum atomic E-state index is 12.7. The first-order chi connectivity index (χ1) is 12.7. The van der Waals surface area contributed by atoms with Crippen LogP contribution < -0.4 is 10.6 Å². The van der Waals surface area contributed by atoms with Gasteiger partial charge >= 0.3 is 0 Å². The number of rotatable bonds is 7. The highest BCUT2D eigenvalue weighted by atomic mass is 16.5. The van der Waals surface area contributed by atoms with E-state index in [1.54, 1.807) is 12.3 Å². The van der Waals surface area contributed by atoms with Crippen molar-refractivity contribution in [3.63, 3.8) is 0 Å². The molecule has 1 atom stereocenters. The van der Waals surface area contributed by atoms with Crippen LogP contribution >= 0.6 is 0 Å². The van der Waals surface area contributed by atoms with Crippen molar-refractivity contribution in [2.45, 2.75) is 45.6 Å². The third-order valence-corrected chi connectivity index (χ3v) is 4.79. The minimum Gasteiger partial charge on any atom is -0.382 e. The summed E-state index contributed by atoms with van der Waals surface area (Å²) in [5.41, 5.74) is 4.51. The van der Waals surface area contributed by atoms with E-state index in [9.17, 15) is 4.79 Å². The van der Waals surface area contributed by atoms with Gasteiger partial charge in [0.1, 0.15) is 5.69 Å². The van der Waals surface area contributed by atoms with Crippen LogP contribution in [0, 0.1) is 0 Å². The zero-order valence-electron chi connectivity index (χ0n) is 15.5. The van der Waals surface area contributed by atoms with Crippen LogP contribution in [0.4, 0.5) is 11.4 Å². The number of pyridine rings is 1. The molecule has 0 radical (unpaired) electrons. The summed E-state index contributed by atoms with van der Waals surface area (Å²) in [5, 5.41) is 6.41. The number of aryl methyl sites for hydroxylation is 2. The van der Waals surface area contributed by atoms with Crippen molar-refractivity contribution in [3.8, 4) is 0 Å². The van der Waals surface area contributed by atoms with Gasteiger partial charge in [-0.1, -0.05) is 32.0 Å². The lowest BCUT2D eigenvalue weighted by molar-refractivity contribution is 0.102. The highest BCUT2D eigenvalue weighted by Crippen LogP contribution is 2.23. The van der Waals surface area contributed by atoms with E-state index >= 15 is 0 Å². The first-order valence-corrected chi connectivity index (χ1v) is 9.45. The minimum absolute atomic E-state index is 0.179. The number of ether oxygens (including phenoxy) is 1. The fraction of sp³-hybridized carbons (Fsp3) is 0.429. The zero-order chi connectivity index (χ0) is 18.4. The molecule has 0 spiro atoms. The van der Waals surface area contributed by atoms with Gasteiger partial charge in [0.2, 0.25) is 0 Å². The fourth-order valence-electron chi connectivity index (χ4n) is 3.28. The van der Waals surface area contributed by atoms with E-state index in [1.165, 1.54) is 0 Å². The number of carbonyl (C=O) groups excluding carboxylic acids is 1. The number of nitrogens with zero attached hydrogens (tertiary/aromatic N) is 1. The van der Waals surface area contributed by atoms with Gasteiger partial charge in [-0.05, 0) is 48.9 Å². The highest BCUT2D eigenvalue weighted by molar-refractivity contribution is 6.04. The van der Waals surface area contributed by atoms with Gasteiger partial charge in [0, 0.05) is 30.7 Å². The summed E-state index contributed by atoms with van der Waals surface area (Å²) in [6.07, 6.45) is 5.87. The lowest BCUT2D eigenvalue weighted by Gasteiger charge is -2.15. The Balaban J connectivity index is 1.71. The Bertz CT molecular complexity index is 732. The van der Waals surface area contributed by atoms with E-state index in [-0.39, 0.29) is 12.0 Å². The molecule has 1 aliphatic rings. The molecule has 5 heteroatoms. The summed E-state index contributed by atoms with van der Waals surface area (Å²) >= 11 is 0. The molecule has 3 rings (SSSR count). The van der Waals surface area contributed by atoms with Crippen LogP contribution in [0.2, 0.25) is 0 Å². The van der Waals surface area contributed by atoms with E-state index in [1.807, 2.05) is 12.1 Å². The van der Waals surface area contributed by atoms with Gasteiger partial charge in [0.15, 0.2) is 0 Å². The van der Waals surface area contributed by atoms with Crippen molar-refractivity contribution < 1.29 is 9.53 Å². The summed E-state index contributed by atoms with van der Waals surface area (Å²) in [6.45, 7) is 5.79. The summed E-state index contributed by atoms with van der Waals surface area (Å²) in [5.74, 6) is -0.179. The lowest BCUT2D eigenvalue weighted by Crippen LogP contribution is -2.19. The van der Waals surface area contributed by atoms with Crippen LogP contribution in [0.5, 0.6) is 0 Å². The van der Waals surface area contributed by atoms with Crippen molar-refractivity contribution in [3.05, 3.63) is 53.3 Å². The van der Waals surface area contributed by atoms with Gasteiger partial charge in [-0.15, -0.1) is 0 Å². The number of benzene rings is 1. The first-order valence-electron chi connectivity index (χ1n) is 9.45. The molecule has 1 unspecified atom stereocenters. The number of anilines is 2. The van der Waals surface area contributed by atoms with Gasteiger partial charge in [-0.25, -0.2) is 0 Å². The van der Waals surface area contributed by atoms with Crippen LogP contribution in [0.25, 0.3) is 0 Å². The second-order valence-electron chi connectivity index (χ2n) is 6.56. The van der Waals surface area contributed by atoms with E-state index in [0.717, 1.165) is 61.3 Å². The third kappa shape index (κ3) is 4.41. The lowest BCUT2D eigenvalue weighted by atomic mass is 10.0. The smallest absolute Gasteiger partial charge is 0.274 e. The molecule has 2 N–H and O–H groups in total. The van der Waals surface area contributed by atoms with Gasteiger partial charge in [-0.2, -0.15) is 0 Å². The number of amides is 1. The molecule has 5 nitrogen and oxygen atoms in total. The molecule has 1 aromatic heterocycles. The van der Waals surface area contributed by atoms with Gasteiger partial charge in [-0.3, -0.25) is 9.78 Å². The number of hydrogen-bond acceptors (Lipinski definition) is 4. The van der Waals surface area contributed by atoms with Crippen molar-refractivity contribution in [1.82, 2.24) is 4.98 Å². The molecule has 1 amide bonds. The molecule has 138 valence electrons. The van der Waals surface area contributed by atoms with Crippen molar-refractivity contribution in [1.29, 1.82) is 0 Å². The molecule has 2 heterocycles. The van der Waals surface area contributed by atoms with Crippen LogP contribution in [0.1, 0.15) is 48.3 Å². The second-order valence-corrected chi connectivity index (χ2v) is 6.56. The maximum absolute atomic E-state index is 12.7. The van der Waals surface area contributed by atoms with Gasteiger partial charge < -0.3 is 15.4 Å². The minimum atomic E-state index is -0.179. The van der Waals surface area contributed by atoms with E-state index in [4.69, 9.17) is 4.74 Å². The summed E-state index contributed by atoms with van der Waals surface area (Å²) in [4.78, 5) is 17.0. The monoisotopic (exact) mass is 353 g/mol. The molecule has 0 aliphatic carbocycles. The molecule has 0 saturated carbocycles. The van der Waals surface area contributed by atoms with Crippen LogP contribution in [-0.4, -0.2) is 30.1 Å². The fourth-order valence-corrected chi connectivity index (χ4v) is 3.28. The zero-order valence-corrected chi connectivity index (χ0v) is 15.5. The Morgan fingerprint density at radius 3 is 2.65 bits per heavy atom. The Morgan fingerprint density at radius 1 is 1.23 bits per heavy atom. The Hall–Kier alpha value is -2.40. The third-order valence-electron chi connectivity index (χ3n) is 4.79. The molecule has 26 heavy (non-hydrogen) atoms. The second kappa shape index (κ2) is 8.81. The number of carbonyl (C=O) groups is 1. The molecule has 1 aromatic carbocycles. The molecule has 1 fully saturated rings. The van der Waals surface area contributed by atoms with E-state index < -0.39 is 0 Å². The van der Waals surface area contributed by atoms with Crippen LogP contribution in [-0.2, 0) is 17.6 Å². The standard InChI is InChI=1S/C21H27N3O2/c1-3-15-7-5-8-16(4-2)20(15)24-21(25)19-13-17(10-11-22-19)23-14-18-9-6-12-26-18/h5,7-8,10-11,13,18H,3-4,6,9,12,14H2,1-2H3,(H,22,23)(H,24,25). The number of para-hydroxylation sites is 1. The van der Waals surface area contributed by atoms with E-state index in [0.29, 0.717) is 5.69 Å². The Kier molecular flexibility index (Phi) is 6.23. The number of nitrogens with one attached hydrogen (secondary N) is 2. The van der Waals surface area contributed by atoms with Crippen molar-refractivity contribution >= 4 is 17.3 Å². The Labute approximate surface area is 155 Å². The number of aromatic nitrogens is 1. The maximum Gasteiger partial charge on any atom is 0.274 e. The van der Waals surface area contributed by atoms with Crippen molar-refractivity contribution in [2.24, 2.45) is 0 Å². The Morgan fingerprint density at radius 2 is 2.00 bits per heavy atom. The van der Waals surface area contributed by atoms with Crippen molar-refractivity contribution in [2.75, 3.05) is 23.8 Å². The van der Waals surface area contributed by atoms with Gasteiger partial charge in [0.05, 0.1) is 6.10 Å². The average Bonchev–Trinajstić information content (AvgIpc) is 3.20. The predicted octanol–water partition coefficient (Wildman–Crippen LogP) is 4.05. The quantitative estimate of drug-likeness (QED) is 0.788. The molecular formula is C21H27N3O2. The normalized spacial score (nSPS) is 16.5. The molecular weight excluding hydrogens is 326 g/mol.